The Bertz CT molecular complexity index is 990. The maximum atomic E-state index is 11.8. The maximum Gasteiger partial charge on any atom is 0.411 e. The summed E-state index contributed by atoms with van der Waals surface area (Å²) in [6.45, 7) is 3.53. The Balaban J connectivity index is 1.96. The molecular weight excluding hydrogens is 348 g/mol. The number of methoxy groups -OCH3 is 1. The van der Waals surface area contributed by atoms with Gasteiger partial charge in [-0.3, -0.25) is 5.32 Å². The molecule has 0 atom stereocenters. The minimum absolute atomic E-state index is 0.188. The van der Waals surface area contributed by atoms with Crippen molar-refractivity contribution in [3.63, 3.8) is 0 Å². The van der Waals surface area contributed by atoms with Crippen LogP contribution in [0, 0.1) is 0 Å². The highest BCUT2D eigenvalue weighted by atomic mass is 16.6. The fourth-order valence-electron chi connectivity index (χ4n) is 2.82. The van der Waals surface area contributed by atoms with E-state index in [0.717, 1.165) is 0 Å². The zero-order valence-electron chi connectivity index (χ0n) is 15.2. The molecule has 1 heterocycles. The summed E-state index contributed by atoms with van der Waals surface area (Å²) in [5, 5.41) is 12.9. The smallest absolute Gasteiger partial charge is 0.411 e. The van der Waals surface area contributed by atoms with Crippen molar-refractivity contribution < 1.29 is 24.2 Å². The number of amides is 1. The van der Waals surface area contributed by atoms with Gasteiger partial charge in [0.25, 0.3) is 0 Å². The third-order valence-corrected chi connectivity index (χ3v) is 3.98. The lowest BCUT2D eigenvalue weighted by Crippen LogP contribution is -2.17. The summed E-state index contributed by atoms with van der Waals surface area (Å²) in [5.74, 6) is -0.389. The largest absolute Gasteiger partial charge is 0.497 e. The molecule has 2 aromatic carbocycles. The average Bonchev–Trinajstić information content (AvgIpc) is 3.00. The Kier molecular flexibility index (Phi) is 5.03. The first-order valence-corrected chi connectivity index (χ1v) is 8.40. The van der Waals surface area contributed by atoms with E-state index >= 15 is 0 Å². The molecule has 7 heteroatoms. The molecule has 7 nitrogen and oxygen atoms in total. The number of benzene rings is 2. The van der Waals surface area contributed by atoms with Gasteiger partial charge in [-0.1, -0.05) is 12.1 Å². The highest BCUT2D eigenvalue weighted by molar-refractivity contribution is 6.09. The van der Waals surface area contributed by atoms with Crippen LogP contribution in [0.2, 0.25) is 0 Å². The number of aromatic nitrogens is 1. The summed E-state index contributed by atoms with van der Waals surface area (Å²) >= 11 is 0. The molecule has 0 aliphatic carbocycles. The van der Waals surface area contributed by atoms with Gasteiger partial charge < -0.3 is 19.6 Å². The maximum absolute atomic E-state index is 11.8. The molecule has 1 amide bonds. The summed E-state index contributed by atoms with van der Waals surface area (Å²) in [7, 11) is 1.55. The summed E-state index contributed by atoms with van der Waals surface area (Å²) in [5.41, 5.74) is 2.59. The molecule has 0 saturated carbocycles. The van der Waals surface area contributed by atoms with Gasteiger partial charge in [0.15, 0.2) is 0 Å². The van der Waals surface area contributed by atoms with E-state index < -0.39 is 12.1 Å². The molecule has 3 aromatic rings. The molecule has 1 aromatic heterocycles. The molecule has 140 valence electrons. The zero-order chi connectivity index (χ0) is 19.6. The zero-order valence-corrected chi connectivity index (χ0v) is 15.2. The Labute approximate surface area is 155 Å². The Hall–Kier alpha value is -3.48. The van der Waals surface area contributed by atoms with E-state index in [1.807, 2.05) is 0 Å². The van der Waals surface area contributed by atoms with Crippen LogP contribution in [0.4, 0.5) is 10.5 Å². The third-order valence-electron chi connectivity index (χ3n) is 3.98. The van der Waals surface area contributed by atoms with Crippen LogP contribution in [0.5, 0.6) is 5.75 Å². The van der Waals surface area contributed by atoms with Crippen LogP contribution < -0.4 is 10.1 Å². The number of carbonyl (C=O) groups excluding carboxylic acids is 1. The fourth-order valence-corrected chi connectivity index (χ4v) is 2.82. The summed E-state index contributed by atoms with van der Waals surface area (Å²) in [6, 6.07) is 12.0. The molecule has 0 saturated heterocycles. The van der Waals surface area contributed by atoms with Gasteiger partial charge in [0, 0.05) is 17.1 Å². The first kappa shape index (κ1) is 18.3. The first-order valence-electron chi connectivity index (χ1n) is 8.40. The van der Waals surface area contributed by atoms with E-state index in [4.69, 9.17) is 9.47 Å². The number of aromatic carboxylic acids is 1. The van der Waals surface area contributed by atoms with Crippen molar-refractivity contribution in [3.8, 4) is 17.0 Å². The molecule has 0 spiro atoms. The van der Waals surface area contributed by atoms with Gasteiger partial charge in [-0.25, -0.2) is 9.59 Å². The summed E-state index contributed by atoms with van der Waals surface area (Å²) in [6.07, 6.45) is -0.757. The number of fused-ring (bicyclic) bond motifs is 1. The topological polar surface area (TPSA) is 101 Å². The van der Waals surface area contributed by atoms with Crippen LogP contribution in [0.1, 0.15) is 24.2 Å². The molecule has 3 rings (SSSR count). The molecule has 3 N–H and O–H groups in total. The molecule has 0 unspecified atom stereocenters. The lowest BCUT2D eigenvalue weighted by Gasteiger charge is -2.10. The van der Waals surface area contributed by atoms with Crippen molar-refractivity contribution in [3.05, 3.63) is 48.0 Å². The molecule has 0 bridgehead atoms. The van der Waals surface area contributed by atoms with Crippen LogP contribution in [-0.4, -0.2) is 35.4 Å². The fraction of sp³-hybridized carbons (Fsp3) is 0.200. The minimum Gasteiger partial charge on any atom is -0.497 e. The number of hydrogen-bond donors (Lipinski definition) is 3. The summed E-state index contributed by atoms with van der Waals surface area (Å²) in [4.78, 5) is 26.6. The molecule has 0 fully saturated rings. The number of hydrogen-bond acceptors (Lipinski definition) is 4. The Morgan fingerprint density at radius 1 is 1.11 bits per heavy atom. The van der Waals surface area contributed by atoms with Crippen LogP contribution in [0.25, 0.3) is 22.2 Å². The van der Waals surface area contributed by atoms with Gasteiger partial charge in [0.05, 0.1) is 30.0 Å². The van der Waals surface area contributed by atoms with Gasteiger partial charge in [0.2, 0.25) is 0 Å². The average molecular weight is 368 g/mol. The second-order valence-corrected chi connectivity index (χ2v) is 6.25. The molecule has 0 aliphatic rings. The second-order valence-electron chi connectivity index (χ2n) is 6.25. The first-order chi connectivity index (χ1) is 12.9. The minimum atomic E-state index is -1.02. The normalized spacial score (nSPS) is 10.8. The summed E-state index contributed by atoms with van der Waals surface area (Å²) < 4.78 is 10.2. The van der Waals surface area contributed by atoms with Crippen molar-refractivity contribution in [2.24, 2.45) is 0 Å². The van der Waals surface area contributed by atoms with E-state index in [1.54, 1.807) is 63.4 Å². The molecule has 27 heavy (non-hydrogen) atoms. The van der Waals surface area contributed by atoms with E-state index in [9.17, 15) is 14.7 Å². The quantitative estimate of drug-likeness (QED) is 0.616. The number of carbonyl (C=O) groups is 2. The number of anilines is 1. The standard InChI is InChI=1S/C20H20N2O5/c1-11(2)27-20(25)21-13-6-4-12(5-7-13)18-17(19(23)24)15-9-8-14(26-3)10-16(15)22-18/h4-11,22H,1-3H3,(H,21,25)(H,23,24). The number of aromatic amines is 1. The molecule has 0 radical (unpaired) electrons. The van der Waals surface area contributed by atoms with E-state index in [1.165, 1.54) is 0 Å². The number of ether oxygens (including phenoxy) is 2. The number of rotatable bonds is 5. The molecular formula is C20H20N2O5. The van der Waals surface area contributed by atoms with Crippen LogP contribution in [0.15, 0.2) is 42.5 Å². The predicted octanol–water partition coefficient (Wildman–Crippen LogP) is 4.50. The number of carboxylic acid groups (broad SMARTS) is 1. The molecule has 0 aliphatic heterocycles. The Morgan fingerprint density at radius 3 is 2.41 bits per heavy atom. The van der Waals surface area contributed by atoms with Crippen molar-refractivity contribution >= 4 is 28.7 Å². The lowest BCUT2D eigenvalue weighted by molar-refractivity contribution is 0.0699. The van der Waals surface area contributed by atoms with E-state index in [0.29, 0.717) is 33.6 Å². The van der Waals surface area contributed by atoms with Gasteiger partial charge in [0.1, 0.15) is 5.75 Å². The number of H-pyrrole nitrogens is 1. The SMILES string of the molecule is COc1ccc2c(C(=O)O)c(-c3ccc(NC(=O)OC(C)C)cc3)[nH]c2c1. The second kappa shape index (κ2) is 7.41. The van der Waals surface area contributed by atoms with Gasteiger partial charge in [-0.05, 0) is 43.7 Å². The van der Waals surface area contributed by atoms with E-state index in [2.05, 4.69) is 10.3 Å². The number of carboxylic acids is 1. The van der Waals surface area contributed by atoms with Gasteiger partial charge >= 0.3 is 12.1 Å². The lowest BCUT2D eigenvalue weighted by atomic mass is 10.0. The third kappa shape index (κ3) is 3.87. The van der Waals surface area contributed by atoms with Gasteiger partial charge in [-0.15, -0.1) is 0 Å². The monoisotopic (exact) mass is 368 g/mol. The van der Waals surface area contributed by atoms with Crippen molar-refractivity contribution in [1.82, 2.24) is 4.98 Å². The van der Waals surface area contributed by atoms with Crippen molar-refractivity contribution in [1.29, 1.82) is 0 Å². The van der Waals surface area contributed by atoms with Crippen molar-refractivity contribution in [2.45, 2.75) is 20.0 Å². The Morgan fingerprint density at radius 2 is 1.81 bits per heavy atom. The van der Waals surface area contributed by atoms with Gasteiger partial charge in [-0.2, -0.15) is 0 Å². The van der Waals surface area contributed by atoms with Crippen LogP contribution in [0.3, 0.4) is 0 Å². The van der Waals surface area contributed by atoms with Crippen LogP contribution >= 0.6 is 0 Å². The highest BCUT2D eigenvalue weighted by Crippen LogP contribution is 2.32. The number of nitrogens with one attached hydrogen (secondary N) is 2. The van der Waals surface area contributed by atoms with Crippen molar-refractivity contribution in [2.75, 3.05) is 12.4 Å². The van der Waals surface area contributed by atoms with Crippen LogP contribution in [-0.2, 0) is 4.74 Å². The predicted molar refractivity (Wildman–Crippen MR) is 102 cm³/mol. The highest BCUT2D eigenvalue weighted by Gasteiger charge is 2.19. The van der Waals surface area contributed by atoms with E-state index in [-0.39, 0.29) is 11.7 Å².